The summed E-state index contributed by atoms with van der Waals surface area (Å²) in [6.07, 6.45) is 2.42. The summed E-state index contributed by atoms with van der Waals surface area (Å²) in [7, 11) is 1.70. The van der Waals surface area contributed by atoms with E-state index in [2.05, 4.69) is 17.0 Å². The van der Waals surface area contributed by atoms with E-state index in [1.807, 2.05) is 24.3 Å². The third-order valence-electron chi connectivity index (χ3n) is 4.70. The number of rotatable bonds is 2. The second-order valence-electron chi connectivity index (χ2n) is 6.01. The first kappa shape index (κ1) is 15.1. The van der Waals surface area contributed by atoms with E-state index < -0.39 is 0 Å². The minimum atomic E-state index is -0.250. The van der Waals surface area contributed by atoms with Crippen LogP contribution < -0.4 is 10.5 Å². The van der Waals surface area contributed by atoms with E-state index >= 15 is 0 Å². The van der Waals surface area contributed by atoms with Crippen molar-refractivity contribution in [1.82, 2.24) is 4.57 Å². The lowest BCUT2D eigenvalue weighted by molar-refractivity contribution is 0.413. The van der Waals surface area contributed by atoms with Gasteiger partial charge in [0.25, 0.3) is 5.56 Å². The zero-order valence-electron chi connectivity index (χ0n) is 13.1. The van der Waals surface area contributed by atoms with Gasteiger partial charge in [-0.3, -0.25) is 4.79 Å². The second-order valence-corrected chi connectivity index (χ2v) is 6.01. The lowest BCUT2D eigenvalue weighted by Gasteiger charge is -2.34. The van der Waals surface area contributed by atoms with Gasteiger partial charge in [-0.15, -0.1) is 0 Å². The van der Waals surface area contributed by atoms with Gasteiger partial charge in [0.1, 0.15) is 11.6 Å². The average molecular weight is 306 g/mol. The van der Waals surface area contributed by atoms with E-state index in [1.165, 1.54) is 0 Å². The summed E-state index contributed by atoms with van der Waals surface area (Å²) in [5, 5.41) is 19.3. The van der Waals surface area contributed by atoms with Gasteiger partial charge in [-0.05, 0) is 24.8 Å². The minimum absolute atomic E-state index is 0.213. The molecule has 5 heteroatoms. The molecule has 5 nitrogen and oxygen atoms in total. The molecule has 0 aliphatic carbocycles. The fraction of sp³-hybridized carbons (Fsp3) is 0.389. The van der Waals surface area contributed by atoms with Crippen LogP contribution in [0.15, 0.2) is 29.1 Å². The Balaban J connectivity index is 2.11. The number of hydrogen-bond donors (Lipinski definition) is 0. The highest BCUT2D eigenvalue weighted by molar-refractivity contribution is 5.94. The predicted octanol–water partition coefficient (Wildman–Crippen LogP) is 2.54. The molecule has 0 radical (unpaired) electrons. The predicted molar refractivity (Wildman–Crippen MR) is 89.1 cm³/mol. The Kier molecular flexibility index (Phi) is 4.04. The topological polar surface area (TPSA) is 72.8 Å². The van der Waals surface area contributed by atoms with Crippen LogP contribution in [0.1, 0.15) is 24.8 Å². The van der Waals surface area contributed by atoms with Crippen molar-refractivity contribution in [2.45, 2.75) is 19.3 Å². The summed E-state index contributed by atoms with van der Waals surface area (Å²) < 4.78 is 1.54. The first-order valence-electron chi connectivity index (χ1n) is 7.81. The van der Waals surface area contributed by atoms with Gasteiger partial charge in [-0.1, -0.05) is 18.2 Å². The molecule has 0 N–H and O–H groups in total. The Hall–Kier alpha value is -2.79. The van der Waals surface area contributed by atoms with Gasteiger partial charge in [-0.25, -0.2) is 0 Å². The Morgan fingerprint density at radius 2 is 1.91 bits per heavy atom. The molecule has 1 aliphatic rings. The van der Waals surface area contributed by atoms with E-state index in [0.29, 0.717) is 12.3 Å². The number of anilines is 1. The molecule has 2 heterocycles. The normalized spacial score (nSPS) is 15.3. The van der Waals surface area contributed by atoms with Crippen molar-refractivity contribution >= 4 is 16.6 Å². The summed E-state index contributed by atoms with van der Waals surface area (Å²) in [4.78, 5) is 14.6. The number of fused-ring (bicyclic) bond motifs is 1. The molecule has 0 unspecified atom stereocenters. The van der Waals surface area contributed by atoms with Crippen LogP contribution in [0, 0.1) is 28.6 Å². The van der Waals surface area contributed by atoms with Gasteiger partial charge in [0.05, 0.1) is 17.3 Å². The second kappa shape index (κ2) is 6.14. The summed E-state index contributed by atoms with van der Waals surface area (Å²) >= 11 is 0. The Bertz CT molecular complexity index is 877. The van der Waals surface area contributed by atoms with E-state index in [1.54, 1.807) is 11.6 Å². The molecule has 1 aromatic carbocycles. The SMILES string of the molecule is Cn1c(=O)c(C#N)c(N2CCC(CC#N)CC2)c2ccccc21. The van der Waals surface area contributed by atoms with Crippen LogP contribution in [-0.2, 0) is 7.05 Å². The summed E-state index contributed by atoms with van der Waals surface area (Å²) in [6, 6.07) is 12.0. The van der Waals surface area contributed by atoms with Crippen LogP contribution in [0.4, 0.5) is 5.69 Å². The molecule has 0 saturated carbocycles. The maximum absolute atomic E-state index is 12.5. The quantitative estimate of drug-likeness (QED) is 0.854. The summed E-state index contributed by atoms with van der Waals surface area (Å²) in [5.74, 6) is 0.416. The zero-order valence-corrected chi connectivity index (χ0v) is 13.1. The third kappa shape index (κ3) is 2.55. The zero-order chi connectivity index (χ0) is 16.4. The first-order valence-corrected chi connectivity index (χ1v) is 7.81. The number of aromatic nitrogens is 1. The maximum atomic E-state index is 12.5. The fourth-order valence-electron chi connectivity index (χ4n) is 3.40. The highest BCUT2D eigenvalue weighted by atomic mass is 16.1. The molecule has 1 saturated heterocycles. The number of nitriles is 2. The monoisotopic (exact) mass is 306 g/mol. The van der Waals surface area contributed by atoms with Crippen molar-refractivity contribution in [2.24, 2.45) is 13.0 Å². The molecule has 0 bridgehead atoms. The molecular formula is C18H18N4O. The standard InChI is InChI=1S/C18H18N4O/c1-21-16-5-3-2-4-14(16)17(15(12-20)18(21)23)22-10-7-13(6-9-19)8-11-22/h2-5,13H,6-8,10-11H2,1H3. The maximum Gasteiger partial charge on any atom is 0.270 e. The molecule has 1 aliphatic heterocycles. The smallest absolute Gasteiger partial charge is 0.270 e. The van der Waals surface area contributed by atoms with Crippen molar-refractivity contribution in [3.05, 3.63) is 40.2 Å². The van der Waals surface area contributed by atoms with Crippen molar-refractivity contribution in [3.8, 4) is 12.1 Å². The molecule has 3 rings (SSSR count). The van der Waals surface area contributed by atoms with E-state index in [0.717, 1.165) is 42.5 Å². The Morgan fingerprint density at radius 3 is 2.57 bits per heavy atom. The van der Waals surface area contributed by atoms with Crippen molar-refractivity contribution in [3.63, 3.8) is 0 Å². The molecule has 1 aromatic heterocycles. The van der Waals surface area contributed by atoms with Crippen LogP contribution in [-0.4, -0.2) is 17.7 Å². The Labute approximate surface area is 135 Å². The molecule has 1 fully saturated rings. The summed E-state index contributed by atoms with van der Waals surface area (Å²) in [6.45, 7) is 1.55. The number of aryl methyl sites for hydroxylation is 1. The van der Waals surface area contributed by atoms with Gasteiger partial charge in [0.2, 0.25) is 0 Å². The molecule has 116 valence electrons. The lowest BCUT2D eigenvalue weighted by Crippen LogP contribution is -2.36. The van der Waals surface area contributed by atoms with Gasteiger partial charge in [-0.2, -0.15) is 10.5 Å². The van der Waals surface area contributed by atoms with E-state index in [9.17, 15) is 10.1 Å². The highest BCUT2D eigenvalue weighted by Gasteiger charge is 2.24. The van der Waals surface area contributed by atoms with Crippen LogP contribution in [0.25, 0.3) is 10.9 Å². The van der Waals surface area contributed by atoms with Gasteiger partial charge < -0.3 is 9.47 Å². The van der Waals surface area contributed by atoms with E-state index in [4.69, 9.17) is 5.26 Å². The number of pyridine rings is 1. The first-order chi connectivity index (χ1) is 11.2. The molecular weight excluding hydrogens is 288 g/mol. The Morgan fingerprint density at radius 1 is 1.22 bits per heavy atom. The van der Waals surface area contributed by atoms with E-state index in [-0.39, 0.29) is 11.1 Å². The minimum Gasteiger partial charge on any atom is -0.370 e. The van der Waals surface area contributed by atoms with Crippen LogP contribution >= 0.6 is 0 Å². The van der Waals surface area contributed by atoms with Crippen LogP contribution in [0.2, 0.25) is 0 Å². The third-order valence-corrected chi connectivity index (χ3v) is 4.70. The van der Waals surface area contributed by atoms with Crippen molar-refractivity contribution in [2.75, 3.05) is 18.0 Å². The number of hydrogen-bond acceptors (Lipinski definition) is 4. The highest BCUT2D eigenvalue weighted by Crippen LogP contribution is 2.32. The van der Waals surface area contributed by atoms with Crippen molar-refractivity contribution in [1.29, 1.82) is 10.5 Å². The molecule has 2 aromatic rings. The van der Waals surface area contributed by atoms with Gasteiger partial charge in [0, 0.05) is 31.9 Å². The average Bonchev–Trinajstić information content (AvgIpc) is 2.59. The number of piperidine rings is 1. The number of benzene rings is 1. The number of nitrogens with zero attached hydrogens (tertiary/aromatic N) is 4. The largest absolute Gasteiger partial charge is 0.370 e. The van der Waals surface area contributed by atoms with Gasteiger partial charge >= 0.3 is 0 Å². The van der Waals surface area contributed by atoms with Gasteiger partial charge in [0.15, 0.2) is 0 Å². The molecule has 0 atom stereocenters. The number of para-hydroxylation sites is 1. The lowest BCUT2D eigenvalue weighted by atomic mass is 9.93. The van der Waals surface area contributed by atoms with Crippen LogP contribution in [0.5, 0.6) is 0 Å². The van der Waals surface area contributed by atoms with Crippen molar-refractivity contribution < 1.29 is 0 Å². The molecule has 23 heavy (non-hydrogen) atoms. The summed E-state index contributed by atoms with van der Waals surface area (Å²) in [5.41, 5.74) is 1.55. The molecule has 0 spiro atoms. The fourth-order valence-corrected chi connectivity index (χ4v) is 3.40. The molecule has 0 amide bonds. The van der Waals surface area contributed by atoms with Crippen LogP contribution in [0.3, 0.4) is 0 Å².